The molecular weight excluding hydrogens is 226 g/mol. The number of benzene rings is 1. The van der Waals surface area contributed by atoms with Gasteiger partial charge in [-0.15, -0.1) is 0 Å². The fraction of sp³-hybridized carbons (Fsp3) is 0.0909. The maximum atomic E-state index is 5.99. The van der Waals surface area contributed by atoms with Crippen molar-refractivity contribution in [2.24, 2.45) is 0 Å². The van der Waals surface area contributed by atoms with Crippen LogP contribution in [-0.2, 0) is 0 Å². The first kappa shape index (κ1) is 10.7. The summed E-state index contributed by atoms with van der Waals surface area (Å²) >= 11 is 5.99. The van der Waals surface area contributed by atoms with Crippen LogP contribution in [0.3, 0.4) is 0 Å². The van der Waals surface area contributed by atoms with E-state index in [1.54, 1.807) is 24.4 Å². The number of anilines is 1. The van der Waals surface area contributed by atoms with Crippen molar-refractivity contribution in [3.05, 3.63) is 41.4 Å². The van der Waals surface area contributed by atoms with Gasteiger partial charge in [0, 0.05) is 5.69 Å². The quantitative estimate of drug-likeness (QED) is 0.813. The Morgan fingerprint density at radius 2 is 2.12 bits per heavy atom. The van der Waals surface area contributed by atoms with Gasteiger partial charge in [-0.2, -0.15) is 0 Å². The van der Waals surface area contributed by atoms with Crippen LogP contribution in [0.4, 0.5) is 5.69 Å². The van der Waals surface area contributed by atoms with E-state index in [-0.39, 0.29) is 0 Å². The molecule has 0 aliphatic heterocycles. The molecule has 0 aliphatic rings. The fourth-order valence-corrected chi connectivity index (χ4v) is 1.42. The Balaban J connectivity index is 2.31. The van der Waals surface area contributed by atoms with Crippen LogP contribution in [0.5, 0.6) is 11.5 Å². The van der Waals surface area contributed by atoms with E-state index in [4.69, 9.17) is 22.1 Å². The predicted molar refractivity (Wildman–Crippen MR) is 62.7 cm³/mol. The standard InChI is InChI=1S/C11H10ClN3O/c1-7-11(5-14-6-15-7)16-10-3-2-8(13)4-9(10)12/h2-6H,13H2,1H3. The number of halogens is 1. The molecule has 0 radical (unpaired) electrons. The first-order valence-electron chi connectivity index (χ1n) is 4.66. The van der Waals surface area contributed by atoms with E-state index < -0.39 is 0 Å². The zero-order chi connectivity index (χ0) is 11.5. The number of aromatic nitrogens is 2. The lowest BCUT2D eigenvalue weighted by Crippen LogP contribution is -1.92. The molecule has 2 aromatic rings. The third-order valence-electron chi connectivity index (χ3n) is 2.04. The minimum absolute atomic E-state index is 0.461. The van der Waals surface area contributed by atoms with E-state index in [0.29, 0.717) is 22.2 Å². The van der Waals surface area contributed by atoms with Gasteiger partial charge in [0.15, 0.2) is 5.75 Å². The summed E-state index contributed by atoms with van der Waals surface area (Å²) in [6.45, 7) is 1.84. The number of nitrogen functional groups attached to an aromatic ring is 1. The summed E-state index contributed by atoms with van der Waals surface area (Å²) in [5.41, 5.74) is 6.93. The van der Waals surface area contributed by atoms with Crippen molar-refractivity contribution in [1.29, 1.82) is 0 Å². The molecule has 0 saturated carbocycles. The molecule has 0 aliphatic carbocycles. The van der Waals surface area contributed by atoms with E-state index in [1.165, 1.54) is 6.33 Å². The van der Waals surface area contributed by atoms with Crippen molar-refractivity contribution >= 4 is 17.3 Å². The topological polar surface area (TPSA) is 61.0 Å². The van der Waals surface area contributed by atoms with Crippen LogP contribution in [-0.4, -0.2) is 9.97 Å². The maximum absolute atomic E-state index is 5.99. The normalized spacial score (nSPS) is 10.1. The molecular formula is C11H10ClN3O. The molecule has 82 valence electrons. The van der Waals surface area contributed by atoms with E-state index in [1.807, 2.05) is 6.92 Å². The van der Waals surface area contributed by atoms with Crippen LogP contribution < -0.4 is 10.5 Å². The Kier molecular flexibility index (Phi) is 2.92. The number of nitrogens with two attached hydrogens (primary N) is 1. The average molecular weight is 236 g/mol. The van der Waals surface area contributed by atoms with Gasteiger partial charge in [-0.1, -0.05) is 11.6 Å². The highest BCUT2D eigenvalue weighted by atomic mass is 35.5. The van der Waals surface area contributed by atoms with Crippen LogP contribution >= 0.6 is 11.6 Å². The highest BCUT2D eigenvalue weighted by Gasteiger charge is 2.06. The Hall–Kier alpha value is -1.81. The molecule has 1 aromatic heterocycles. The summed E-state index contributed by atoms with van der Waals surface area (Å²) in [5.74, 6) is 1.11. The number of aryl methyl sites for hydroxylation is 1. The molecule has 0 saturated heterocycles. The Morgan fingerprint density at radius 3 is 2.81 bits per heavy atom. The molecule has 0 unspecified atom stereocenters. The van der Waals surface area contributed by atoms with Crippen LogP contribution in [0.25, 0.3) is 0 Å². The third kappa shape index (κ3) is 2.23. The van der Waals surface area contributed by atoms with Crippen LogP contribution in [0, 0.1) is 6.92 Å². The minimum Gasteiger partial charge on any atom is -0.452 e. The SMILES string of the molecule is Cc1ncncc1Oc1ccc(N)cc1Cl. The Bertz CT molecular complexity index is 516. The van der Waals surface area contributed by atoms with E-state index in [0.717, 1.165) is 5.69 Å². The number of ether oxygens (including phenoxy) is 1. The largest absolute Gasteiger partial charge is 0.452 e. The van der Waals surface area contributed by atoms with Crippen molar-refractivity contribution in [2.75, 3.05) is 5.73 Å². The Labute approximate surface area is 98.0 Å². The lowest BCUT2D eigenvalue weighted by atomic mass is 10.3. The third-order valence-corrected chi connectivity index (χ3v) is 2.34. The van der Waals surface area contributed by atoms with Crippen molar-refractivity contribution in [2.45, 2.75) is 6.92 Å². The van der Waals surface area contributed by atoms with Crippen molar-refractivity contribution in [3.8, 4) is 11.5 Å². The van der Waals surface area contributed by atoms with Crippen molar-refractivity contribution < 1.29 is 4.74 Å². The number of hydrogen-bond donors (Lipinski definition) is 1. The minimum atomic E-state index is 0.461. The summed E-state index contributed by atoms with van der Waals surface area (Å²) in [4.78, 5) is 7.90. The van der Waals surface area contributed by atoms with Crippen LogP contribution in [0.2, 0.25) is 5.02 Å². The molecule has 0 amide bonds. The molecule has 1 aromatic carbocycles. The molecule has 2 rings (SSSR count). The zero-order valence-electron chi connectivity index (χ0n) is 8.64. The highest BCUT2D eigenvalue weighted by Crippen LogP contribution is 2.31. The second-order valence-electron chi connectivity index (χ2n) is 3.26. The first-order valence-corrected chi connectivity index (χ1v) is 5.04. The van der Waals surface area contributed by atoms with Crippen molar-refractivity contribution in [1.82, 2.24) is 9.97 Å². The molecule has 4 nitrogen and oxygen atoms in total. The lowest BCUT2D eigenvalue weighted by molar-refractivity contribution is 0.473. The molecule has 0 fully saturated rings. The highest BCUT2D eigenvalue weighted by molar-refractivity contribution is 6.32. The molecule has 0 spiro atoms. The summed E-state index contributed by atoms with van der Waals surface area (Å²) in [5, 5.41) is 0.461. The van der Waals surface area contributed by atoms with Crippen molar-refractivity contribution in [3.63, 3.8) is 0 Å². The van der Waals surface area contributed by atoms with Gasteiger partial charge in [-0.05, 0) is 25.1 Å². The molecule has 16 heavy (non-hydrogen) atoms. The molecule has 0 bridgehead atoms. The fourth-order valence-electron chi connectivity index (χ4n) is 1.20. The zero-order valence-corrected chi connectivity index (χ0v) is 9.40. The summed E-state index contributed by atoms with van der Waals surface area (Å²) in [6, 6.07) is 5.07. The maximum Gasteiger partial charge on any atom is 0.166 e. The van der Waals surface area contributed by atoms with E-state index >= 15 is 0 Å². The average Bonchev–Trinajstić information content (AvgIpc) is 2.25. The van der Waals surface area contributed by atoms with Gasteiger partial charge in [0.05, 0.1) is 16.9 Å². The number of nitrogens with zero attached hydrogens (tertiary/aromatic N) is 2. The van der Waals surface area contributed by atoms with Gasteiger partial charge in [0.25, 0.3) is 0 Å². The smallest absolute Gasteiger partial charge is 0.166 e. The summed E-state index contributed by atoms with van der Waals surface area (Å²) in [7, 11) is 0. The van der Waals surface area contributed by atoms with Gasteiger partial charge in [0.1, 0.15) is 12.1 Å². The lowest BCUT2D eigenvalue weighted by Gasteiger charge is -2.08. The van der Waals surface area contributed by atoms with Crippen LogP contribution in [0.15, 0.2) is 30.7 Å². The molecule has 5 heteroatoms. The van der Waals surface area contributed by atoms with Gasteiger partial charge in [-0.3, -0.25) is 0 Å². The van der Waals surface area contributed by atoms with Crippen LogP contribution in [0.1, 0.15) is 5.69 Å². The monoisotopic (exact) mass is 235 g/mol. The second kappa shape index (κ2) is 4.37. The number of rotatable bonds is 2. The van der Waals surface area contributed by atoms with Gasteiger partial charge in [-0.25, -0.2) is 9.97 Å². The van der Waals surface area contributed by atoms with E-state index in [2.05, 4.69) is 9.97 Å². The van der Waals surface area contributed by atoms with Gasteiger partial charge in [0.2, 0.25) is 0 Å². The summed E-state index contributed by atoms with van der Waals surface area (Å²) < 4.78 is 5.58. The molecule has 0 atom stereocenters. The van der Waals surface area contributed by atoms with E-state index in [9.17, 15) is 0 Å². The van der Waals surface area contributed by atoms with Gasteiger partial charge < -0.3 is 10.5 Å². The van der Waals surface area contributed by atoms with Gasteiger partial charge >= 0.3 is 0 Å². The second-order valence-corrected chi connectivity index (χ2v) is 3.67. The summed E-state index contributed by atoms with van der Waals surface area (Å²) in [6.07, 6.45) is 3.06. The number of hydrogen-bond acceptors (Lipinski definition) is 4. The molecule has 1 heterocycles. The molecule has 2 N–H and O–H groups in total. The predicted octanol–water partition coefficient (Wildman–Crippen LogP) is 2.81. The Morgan fingerprint density at radius 1 is 1.31 bits per heavy atom. The first-order chi connectivity index (χ1) is 7.66.